The molecule has 0 aromatic carbocycles. The predicted octanol–water partition coefficient (Wildman–Crippen LogP) is 1.95. The zero-order valence-electron chi connectivity index (χ0n) is 11.8. The van der Waals surface area contributed by atoms with Crippen molar-refractivity contribution in [1.29, 1.82) is 0 Å². The number of halogens is 1. The summed E-state index contributed by atoms with van der Waals surface area (Å²) in [6.07, 6.45) is 2.75. The van der Waals surface area contributed by atoms with Gasteiger partial charge in [0.2, 0.25) is 0 Å². The van der Waals surface area contributed by atoms with Crippen LogP contribution in [0.4, 0.5) is 10.2 Å². The first kappa shape index (κ1) is 14.7. The molecule has 0 bridgehead atoms. The van der Waals surface area contributed by atoms with Crippen molar-refractivity contribution in [3.8, 4) is 0 Å². The smallest absolute Gasteiger partial charge is 0.255 e. The molecule has 0 aliphatic carbocycles. The molecule has 2 N–H and O–H groups in total. The van der Waals surface area contributed by atoms with Crippen molar-refractivity contribution >= 4 is 11.7 Å². The molecule has 2 unspecified atom stereocenters. The van der Waals surface area contributed by atoms with E-state index >= 15 is 0 Å². The van der Waals surface area contributed by atoms with Crippen LogP contribution in [0.25, 0.3) is 0 Å². The number of hydrogen-bond donors (Lipinski definition) is 2. The summed E-state index contributed by atoms with van der Waals surface area (Å²) in [6.45, 7) is 5.24. The minimum Gasteiger partial charge on any atom is -0.376 e. The second-order valence-corrected chi connectivity index (χ2v) is 4.92. The van der Waals surface area contributed by atoms with Gasteiger partial charge in [0.15, 0.2) is 0 Å². The van der Waals surface area contributed by atoms with Crippen LogP contribution < -0.4 is 10.6 Å². The van der Waals surface area contributed by atoms with E-state index in [2.05, 4.69) is 15.6 Å². The monoisotopic (exact) mass is 281 g/mol. The van der Waals surface area contributed by atoms with Crippen LogP contribution in [0.1, 0.15) is 37.0 Å². The molecular formula is C14H20FN3O2. The van der Waals surface area contributed by atoms with E-state index in [1.807, 2.05) is 13.8 Å². The molecule has 1 fully saturated rings. The second kappa shape index (κ2) is 6.65. The fraction of sp³-hybridized carbons (Fsp3) is 0.571. The molecule has 2 rings (SSSR count). The van der Waals surface area contributed by atoms with Gasteiger partial charge in [0.05, 0.1) is 23.9 Å². The lowest BCUT2D eigenvalue weighted by atomic mass is 10.1. The zero-order chi connectivity index (χ0) is 14.5. The first-order valence-corrected chi connectivity index (χ1v) is 6.93. The maximum Gasteiger partial charge on any atom is 0.255 e. The summed E-state index contributed by atoms with van der Waals surface area (Å²) in [5.74, 6) is -0.428. The Morgan fingerprint density at radius 3 is 3.05 bits per heavy atom. The third kappa shape index (κ3) is 3.45. The van der Waals surface area contributed by atoms with E-state index in [-0.39, 0.29) is 23.6 Å². The lowest BCUT2D eigenvalue weighted by Gasteiger charge is -2.17. The normalized spacial score (nSPS) is 21.8. The number of rotatable bonds is 5. The molecule has 0 saturated carbocycles. The maximum absolute atomic E-state index is 13.3. The Labute approximate surface area is 117 Å². The van der Waals surface area contributed by atoms with Crippen LogP contribution in [0.15, 0.2) is 12.3 Å². The van der Waals surface area contributed by atoms with Crippen LogP contribution in [-0.4, -0.2) is 36.2 Å². The summed E-state index contributed by atoms with van der Waals surface area (Å²) in [7, 11) is 0. The Bertz CT molecular complexity index is 481. The lowest BCUT2D eigenvalue weighted by molar-refractivity contribution is 0.0866. The van der Waals surface area contributed by atoms with Crippen molar-refractivity contribution in [2.24, 2.45) is 0 Å². The van der Waals surface area contributed by atoms with Gasteiger partial charge in [0.1, 0.15) is 11.6 Å². The standard InChI is InChI=1S/C14H20FN3O2/c1-3-5-16-13-11(7-10(15)8-17-13)14(19)18-12-4-6-20-9(12)2/h7-9,12H,3-6H2,1-2H3,(H,16,17)(H,18,19). The van der Waals surface area contributed by atoms with Crippen LogP contribution >= 0.6 is 0 Å². The Morgan fingerprint density at radius 2 is 2.40 bits per heavy atom. The number of nitrogens with one attached hydrogen (secondary N) is 2. The summed E-state index contributed by atoms with van der Waals surface area (Å²) in [4.78, 5) is 16.2. The van der Waals surface area contributed by atoms with Crippen LogP contribution in [0.5, 0.6) is 0 Å². The number of carbonyl (C=O) groups is 1. The van der Waals surface area contributed by atoms with Crippen LogP contribution in [0, 0.1) is 5.82 Å². The number of aromatic nitrogens is 1. The molecule has 5 nitrogen and oxygen atoms in total. The molecule has 1 aromatic rings. The Kier molecular flexibility index (Phi) is 4.89. The van der Waals surface area contributed by atoms with Crippen molar-refractivity contribution in [1.82, 2.24) is 10.3 Å². The van der Waals surface area contributed by atoms with Crippen molar-refractivity contribution in [2.75, 3.05) is 18.5 Å². The van der Waals surface area contributed by atoms with E-state index in [1.165, 1.54) is 6.07 Å². The highest BCUT2D eigenvalue weighted by atomic mass is 19.1. The highest BCUT2D eigenvalue weighted by Gasteiger charge is 2.27. The predicted molar refractivity (Wildman–Crippen MR) is 74.3 cm³/mol. The number of amides is 1. The quantitative estimate of drug-likeness (QED) is 0.866. The van der Waals surface area contributed by atoms with Gasteiger partial charge in [-0.15, -0.1) is 0 Å². The summed E-state index contributed by atoms with van der Waals surface area (Å²) < 4.78 is 18.7. The van der Waals surface area contributed by atoms with E-state index in [0.717, 1.165) is 19.0 Å². The Balaban J connectivity index is 2.12. The minimum atomic E-state index is -0.520. The minimum absolute atomic E-state index is 0.0208. The van der Waals surface area contributed by atoms with Crippen molar-refractivity contribution < 1.29 is 13.9 Å². The lowest BCUT2D eigenvalue weighted by Crippen LogP contribution is -2.39. The van der Waals surface area contributed by atoms with Crippen molar-refractivity contribution in [3.05, 3.63) is 23.6 Å². The Hall–Kier alpha value is -1.69. The molecule has 2 atom stereocenters. The molecule has 0 radical (unpaired) electrons. The Morgan fingerprint density at radius 1 is 1.60 bits per heavy atom. The number of hydrogen-bond acceptors (Lipinski definition) is 4. The number of ether oxygens (including phenoxy) is 1. The molecule has 0 spiro atoms. The molecule has 110 valence electrons. The molecule has 2 heterocycles. The molecule has 1 aliphatic rings. The highest BCUT2D eigenvalue weighted by molar-refractivity contribution is 5.98. The van der Waals surface area contributed by atoms with Gasteiger partial charge in [0.25, 0.3) is 5.91 Å². The summed E-state index contributed by atoms with van der Waals surface area (Å²) in [5, 5.41) is 5.92. The maximum atomic E-state index is 13.3. The number of nitrogens with zero attached hydrogens (tertiary/aromatic N) is 1. The summed E-state index contributed by atoms with van der Waals surface area (Å²) in [5.41, 5.74) is 0.234. The van der Waals surface area contributed by atoms with Gasteiger partial charge in [-0.2, -0.15) is 0 Å². The van der Waals surface area contributed by atoms with E-state index in [9.17, 15) is 9.18 Å². The molecule has 6 heteroatoms. The molecule has 1 amide bonds. The number of anilines is 1. The topological polar surface area (TPSA) is 63.2 Å². The van der Waals surface area contributed by atoms with Crippen molar-refractivity contribution in [2.45, 2.75) is 38.8 Å². The third-order valence-electron chi connectivity index (χ3n) is 3.33. The largest absolute Gasteiger partial charge is 0.376 e. The molecule has 1 aliphatic heterocycles. The van der Waals surface area contributed by atoms with Gasteiger partial charge in [-0.05, 0) is 25.8 Å². The average molecular weight is 281 g/mol. The first-order chi connectivity index (χ1) is 9.61. The average Bonchev–Trinajstić information content (AvgIpc) is 2.83. The van der Waals surface area contributed by atoms with Crippen molar-refractivity contribution in [3.63, 3.8) is 0 Å². The van der Waals surface area contributed by atoms with Gasteiger partial charge in [-0.1, -0.05) is 6.92 Å². The van der Waals surface area contributed by atoms with Gasteiger partial charge in [-0.25, -0.2) is 9.37 Å². The van der Waals surface area contributed by atoms with Gasteiger partial charge >= 0.3 is 0 Å². The number of pyridine rings is 1. The highest BCUT2D eigenvalue weighted by Crippen LogP contribution is 2.17. The van der Waals surface area contributed by atoms with E-state index in [4.69, 9.17) is 4.74 Å². The van der Waals surface area contributed by atoms with E-state index in [1.54, 1.807) is 0 Å². The molecule has 20 heavy (non-hydrogen) atoms. The van der Waals surface area contributed by atoms with Crippen LogP contribution in [0.2, 0.25) is 0 Å². The fourth-order valence-electron chi connectivity index (χ4n) is 2.16. The second-order valence-electron chi connectivity index (χ2n) is 4.92. The third-order valence-corrected chi connectivity index (χ3v) is 3.33. The summed E-state index contributed by atoms with van der Waals surface area (Å²) in [6, 6.07) is 1.17. The van der Waals surface area contributed by atoms with E-state index < -0.39 is 5.82 Å². The summed E-state index contributed by atoms with van der Waals surface area (Å²) >= 11 is 0. The molecule has 1 saturated heterocycles. The van der Waals surface area contributed by atoms with Gasteiger partial charge < -0.3 is 15.4 Å². The van der Waals surface area contributed by atoms with Gasteiger partial charge in [0, 0.05) is 13.2 Å². The zero-order valence-corrected chi connectivity index (χ0v) is 11.8. The molecule has 1 aromatic heterocycles. The van der Waals surface area contributed by atoms with E-state index in [0.29, 0.717) is 19.0 Å². The fourth-order valence-corrected chi connectivity index (χ4v) is 2.16. The SMILES string of the molecule is CCCNc1ncc(F)cc1C(=O)NC1CCOC1C. The van der Waals surface area contributed by atoms with Crippen LogP contribution in [0.3, 0.4) is 0 Å². The molecular weight excluding hydrogens is 261 g/mol. The number of carbonyl (C=O) groups excluding carboxylic acids is 1. The van der Waals surface area contributed by atoms with Gasteiger partial charge in [-0.3, -0.25) is 4.79 Å². The van der Waals surface area contributed by atoms with Crippen LogP contribution in [-0.2, 0) is 4.74 Å². The first-order valence-electron chi connectivity index (χ1n) is 6.93.